The first-order chi connectivity index (χ1) is 12.5. The average molecular weight is 378 g/mol. The quantitative estimate of drug-likeness (QED) is 0.713. The van der Waals surface area contributed by atoms with E-state index in [4.69, 9.17) is 4.42 Å². The van der Waals surface area contributed by atoms with Crippen LogP contribution >= 0.6 is 11.8 Å². The molecule has 0 bridgehead atoms. The van der Waals surface area contributed by atoms with Crippen molar-refractivity contribution >= 4 is 23.6 Å². The van der Waals surface area contributed by atoms with Crippen LogP contribution < -0.4 is 10.2 Å². The summed E-state index contributed by atoms with van der Waals surface area (Å²) in [6, 6.07) is 3.82. The van der Waals surface area contributed by atoms with E-state index in [1.807, 2.05) is 30.5 Å². The maximum atomic E-state index is 12.3. The number of hydrogen-bond donors (Lipinski definition) is 1. The molecule has 2 aromatic rings. The first-order valence-electron chi connectivity index (χ1n) is 9.13. The summed E-state index contributed by atoms with van der Waals surface area (Å²) in [4.78, 5) is 14.5. The third kappa shape index (κ3) is 4.60. The molecule has 1 saturated heterocycles. The fourth-order valence-corrected chi connectivity index (χ4v) is 3.60. The molecule has 8 heteroatoms. The Kier molecular flexibility index (Phi) is 5.90. The number of nitrogens with one attached hydrogen (secondary N) is 1. The van der Waals surface area contributed by atoms with Crippen molar-refractivity contribution in [1.29, 1.82) is 0 Å². The molecule has 3 rings (SSSR count). The van der Waals surface area contributed by atoms with Gasteiger partial charge < -0.3 is 14.6 Å². The number of rotatable bonds is 8. The third-order valence-electron chi connectivity index (χ3n) is 4.67. The van der Waals surface area contributed by atoms with Crippen LogP contribution in [0.25, 0.3) is 0 Å². The van der Waals surface area contributed by atoms with E-state index < -0.39 is 0 Å². The predicted octanol–water partition coefficient (Wildman–Crippen LogP) is 2.92. The van der Waals surface area contributed by atoms with Crippen molar-refractivity contribution in [2.75, 3.05) is 23.7 Å². The van der Waals surface area contributed by atoms with E-state index in [9.17, 15) is 4.79 Å². The highest BCUT2D eigenvalue weighted by Gasteiger charge is 2.23. The molecule has 0 unspecified atom stereocenters. The zero-order valence-electron chi connectivity index (χ0n) is 15.7. The van der Waals surface area contributed by atoms with Gasteiger partial charge in [-0.05, 0) is 45.2 Å². The zero-order valence-corrected chi connectivity index (χ0v) is 16.5. The fraction of sp³-hybridized carbons (Fsp3) is 0.611. The number of carbonyl (C=O) groups is 1. The van der Waals surface area contributed by atoms with Gasteiger partial charge in [0.05, 0.1) is 18.6 Å². The minimum absolute atomic E-state index is 0.0112. The fourth-order valence-electron chi connectivity index (χ4n) is 2.87. The standard InChI is InChI=1S/C18H27N5O2S/c1-4-18(2,3)19-15(24)13-26-17-21-20-16(22-9-5-6-10-22)23(17)12-14-8-7-11-25-14/h7-8,11H,4-6,9-10,12-13H2,1-3H3,(H,19,24). The second-order valence-electron chi connectivity index (χ2n) is 7.22. The molecule has 26 heavy (non-hydrogen) atoms. The van der Waals surface area contributed by atoms with Crippen molar-refractivity contribution in [3.05, 3.63) is 24.2 Å². The molecule has 0 spiro atoms. The first kappa shape index (κ1) is 18.8. The van der Waals surface area contributed by atoms with Gasteiger partial charge in [0.1, 0.15) is 5.76 Å². The van der Waals surface area contributed by atoms with Gasteiger partial charge in [-0.25, -0.2) is 0 Å². The Morgan fingerprint density at radius 1 is 1.35 bits per heavy atom. The minimum Gasteiger partial charge on any atom is -0.467 e. The zero-order chi connectivity index (χ0) is 18.6. The largest absolute Gasteiger partial charge is 0.467 e. The van der Waals surface area contributed by atoms with Crippen LogP contribution in [0.3, 0.4) is 0 Å². The van der Waals surface area contributed by atoms with Crippen molar-refractivity contribution in [2.45, 2.75) is 57.3 Å². The molecule has 0 aromatic carbocycles. The van der Waals surface area contributed by atoms with Crippen LogP contribution in [0.1, 0.15) is 45.8 Å². The number of thioether (sulfide) groups is 1. The number of anilines is 1. The SMILES string of the molecule is CCC(C)(C)NC(=O)CSc1nnc(N2CCCC2)n1Cc1ccco1. The summed E-state index contributed by atoms with van der Waals surface area (Å²) in [5.74, 6) is 2.04. The maximum absolute atomic E-state index is 12.3. The van der Waals surface area contributed by atoms with E-state index in [2.05, 4.69) is 27.3 Å². The normalized spacial score (nSPS) is 14.8. The van der Waals surface area contributed by atoms with Crippen molar-refractivity contribution < 1.29 is 9.21 Å². The van der Waals surface area contributed by atoms with Gasteiger partial charge in [-0.15, -0.1) is 10.2 Å². The van der Waals surface area contributed by atoms with Crippen molar-refractivity contribution in [2.24, 2.45) is 0 Å². The lowest BCUT2D eigenvalue weighted by molar-refractivity contribution is -0.120. The van der Waals surface area contributed by atoms with Gasteiger partial charge in [0.25, 0.3) is 0 Å². The van der Waals surface area contributed by atoms with Crippen LogP contribution in [0.4, 0.5) is 5.95 Å². The smallest absolute Gasteiger partial charge is 0.230 e. The molecule has 1 N–H and O–H groups in total. The van der Waals surface area contributed by atoms with Gasteiger partial charge in [-0.1, -0.05) is 18.7 Å². The van der Waals surface area contributed by atoms with Crippen molar-refractivity contribution in [3.8, 4) is 0 Å². The number of carbonyl (C=O) groups excluding carboxylic acids is 1. The molecule has 1 amide bonds. The summed E-state index contributed by atoms with van der Waals surface area (Å²) < 4.78 is 7.55. The Hall–Kier alpha value is -1.96. The summed E-state index contributed by atoms with van der Waals surface area (Å²) in [7, 11) is 0. The van der Waals surface area contributed by atoms with Gasteiger partial charge in [-0.3, -0.25) is 9.36 Å². The average Bonchev–Trinajstić information content (AvgIpc) is 3.35. The Morgan fingerprint density at radius 2 is 2.12 bits per heavy atom. The topological polar surface area (TPSA) is 76.2 Å². The Bertz CT molecular complexity index is 720. The second kappa shape index (κ2) is 8.16. The number of furan rings is 1. The molecule has 7 nitrogen and oxygen atoms in total. The lowest BCUT2D eigenvalue weighted by atomic mass is 10.0. The number of nitrogens with zero attached hydrogens (tertiary/aromatic N) is 4. The highest BCUT2D eigenvalue weighted by Crippen LogP contribution is 2.26. The van der Waals surface area contributed by atoms with Crippen LogP contribution in [0.2, 0.25) is 0 Å². The number of hydrogen-bond acceptors (Lipinski definition) is 6. The summed E-state index contributed by atoms with van der Waals surface area (Å²) >= 11 is 1.42. The molecular weight excluding hydrogens is 350 g/mol. The molecule has 2 aromatic heterocycles. The summed E-state index contributed by atoms with van der Waals surface area (Å²) in [6.45, 7) is 8.67. The monoisotopic (exact) mass is 377 g/mol. The molecule has 0 aliphatic carbocycles. The van der Waals surface area contributed by atoms with E-state index in [0.29, 0.717) is 12.3 Å². The second-order valence-corrected chi connectivity index (χ2v) is 8.16. The van der Waals surface area contributed by atoms with Gasteiger partial charge in [0.2, 0.25) is 11.9 Å². The summed E-state index contributed by atoms with van der Waals surface area (Å²) in [6.07, 6.45) is 4.90. The van der Waals surface area contributed by atoms with Gasteiger partial charge >= 0.3 is 0 Å². The van der Waals surface area contributed by atoms with Gasteiger partial charge in [-0.2, -0.15) is 0 Å². The van der Waals surface area contributed by atoms with E-state index in [0.717, 1.165) is 36.4 Å². The minimum atomic E-state index is -0.194. The van der Waals surface area contributed by atoms with Gasteiger partial charge in [0.15, 0.2) is 5.16 Å². The number of amides is 1. The molecule has 1 fully saturated rings. The molecule has 1 aliphatic rings. The predicted molar refractivity (Wildman–Crippen MR) is 103 cm³/mol. The highest BCUT2D eigenvalue weighted by atomic mass is 32.2. The Balaban J connectivity index is 1.72. The van der Waals surface area contributed by atoms with E-state index in [1.54, 1.807) is 6.26 Å². The summed E-state index contributed by atoms with van der Waals surface area (Å²) in [5, 5.41) is 12.5. The van der Waals surface area contributed by atoms with Crippen LogP contribution in [0.5, 0.6) is 0 Å². The lowest BCUT2D eigenvalue weighted by Crippen LogP contribution is -2.43. The van der Waals surface area contributed by atoms with Crippen LogP contribution in [-0.4, -0.2) is 45.1 Å². The Morgan fingerprint density at radius 3 is 2.77 bits per heavy atom. The molecular formula is C18H27N5O2S. The molecule has 3 heterocycles. The molecule has 142 valence electrons. The first-order valence-corrected chi connectivity index (χ1v) is 10.1. The molecule has 0 atom stereocenters. The van der Waals surface area contributed by atoms with Crippen molar-refractivity contribution in [1.82, 2.24) is 20.1 Å². The third-order valence-corrected chi connectivity index (χ3v) is 5.64. The van der Waals surface area contributed by atoms with Crippen LogP contribution in [-0.2, 0) is 11.3 Å². The Labute approximate surface area is 158 Å². The van der Waals surface area contributed by atoms with E-state index in [-0.39, 0.29) is 11.4 Å². The van der Waals surface area contributed by atoms with Gasteiger partial charge in [0, 0.05) is 18.6 Å². The van der Waals surface area contributed by atoms with E-state index in [1.165, 1.54) is 24.6 Å². The highest BCUT2D eigenvalue weighted by molar-refractivity contribution is 7.99. The summed E-state index contributed by atoms with van der Waals surface area (Å²) in [5.41, 5.74) is -0.194. The molecule has 1 aliphatic heterocycles. The van der Waals surface area contributed by atoms with Crippen LogP contribution in [0, 0.1) is 0 Å². The maximum Gasteiger partial charge on any atom is 0.230 e. The number of aromatic nitrogens is 3. The lowest BCUT2D eigenvalue weighted by Gasteiger charge is -2.24. The van der Waals surface area contributed by atoms with Crippen molar-refractivity contribution in [3.63, 3.8) is 0 Å². The van der Waals surface area contributed by atoms with Crippen LogP contribution in [0.15, 0.2) is 28.0 Å². The molecule has 0 saturated carbocycles. The van der Waals surface area contributed by atoms with E-state index >= 15 is 0 Å². The molecule has 0 radical (unpaired) electrons.